The number of anilines is 1. The van der Waals surface area contributed by atoms with Crippen molar-refractivity contribution >= 4 is 22.4 Å². The fourth-order valence-electron chi connectivity index (χ4n) is 2.64. The van der Waals surface area contributed by atoms with Crippen molar-refractivity contribution in [3.8, 4) is 0 Å². The maximum atomic E-state index is 11.2. The number of carbonyl (C=O) groups is 1. The minimum absolute atomic E-state index is 0.389. The first-order valence-electron chi connectivity index (χ1n) is 6.61. The maximum absolute atomic E-state index is 11.2. The van der Waals surface area contributed by atoms with Crippen LogP contribution in [0.25, 0.3) is 0 Å². The van der Waals surface area contributed by atoms with E-state index in [1.165, 1.54) is 11.3 Å². The van der Waals surface area contributed by atoms with Crippen LogP contribution < -0.4 is 5.32 Å². The molecule has 3 rings (SSSR count). The molecule has 0 amide bonds. The van der Waals surface area contributed by atoms with Gasteiger partial charge in [-0.05, 0) is 37.5 Å². The van der Waals surface area contributed by atoms with Gasteiger partial charge in [-0.1, -0.05) is 6.92 Å². The second-order valence-electron chi connectivity index (χ2n) is 5.46. The molecule has 1 fully saturated rings. The number of aliphatic carboxylic acids is 1. The molecule has 1 aromatic heterocycles. The molecule has 0 bridgehead atoms. The number of hydrogen-bond acceptors (Lipinski definition) is 4. The van der Waals surface area contributed by atoms with Crippen molar-refractivity contribution in [3.05, 3.63) is 10.6 Å². The van der Waals surface area contributed by atoms with E-state index in [4.69, 9.17) is 0 Å². The van der Waals surface area contributed by atoms with Gasteiger partial charge in [-0.2, -0.15) is 0 Å². The largest absolute Gasteiger partial charge is 0.481 e. The molecule has 18 heavy (non-hydrogen) atoms. The van der Waals surface area contributed by atoms with E-state index in [1.807, 2.05) is 0 Å². The summed E-state index contributed by atoms with van der Waals surface area (Å²) in [5, 5.41) is 13.5. The highest BCUT2D eigenvalue weighted by Gasteiger charge is 2.33. The molecular weight excluding hydrogens is 248 g/mol. The van der Waals surface area contributed by atoms with Gasteiger partial charge in [0.2, 0.25) is 0 Å². The molecule has 1 heterocycles. The monoisotopic (exact) mass is 266 g/mol. The highest BCUT2D eigenvalue weighted by atomic mass is 32.1. The van der Waals surface area contributed by atoms with Crippen LogP contribution >= 0.6 is 11.3 Å². The minimum atomic E-state index is -0.733. The standard InChI is InChI=1S/C13H18N2O2S/c1-7-5-8(7)6-14-13-15-11-9(12(16)17)3-2-4-10(11)18-13/h7-9H,2-6H2,1H3,(H,14,15)(H,16,17). The quantitative estimate of drug-likeness (QED) is 0.879. The Morgan fingerprint density at radius 1 is 1.61 bits per heavy atom. The first-order valence-corrected chi connectivity index (χ1v) is 7.43. The van der Waals surface area contributed by atoms with Gasteiger partial charge in [-0.15, -0.1) is 11.3 Å². The van der Waals surface area contributed by atoms with Crippen molar-refractivity contribution in [2.24, 2.45) is 11.8 Å². The molecular formula is C13H18N2O2S. The lowest BCUT2D eigenvalue weighted by molar-refractivity contribution is -0.139. The van der Waals surface area contributed by atoms with Crippen LogP contribution in [0.3, 0.4) is 0 Å². The Bertz CT molecular complexity index is 472. The van der Waals surface area contributed by atoms with Crippen molar-refractivity contribution in [1.29, 1.82) is 0 Å². The van der Waals surface area contributed by atoms with E-state index in [0.29, 0.717) is 0 Å². The predicted octanol–water partition coefficient (Wildman–Crippen LogP) is 2.72. The summed E-state index contributed by atoms with van der Waals surface area (Å²) in [6.45, 7) is 3.24. The Kier molecular flexibility index (Phi) is 3.01. The van der Waals surface area contributed by atoms with E-state index in [-0.39, 0.29) is 5.92 Å². The first-order chi connectivity index (χ1) is 8.65. The second-order valence-corrected chi connectivity index (χ2v) is 6.55. The van der Waals surface area contributed by atoms with Gasteiger partial charge in [-0.3, -0.25) is 4.79 Å². The minimum Gasteiger partial charge on any atom is -0.481 e. The molecule has 2 N–H and O–H groups in total. The lowest BCUT2D eigenvalue weighted by Crippen LogP contribution is -2.17. The molecule has 5 heteroatoms. The Hall–Kier alpha value is -1.10. The van der Waals surface area contributed by atoms with Gasteiger partial charge < -0.3 is 10.4 Å². The highest BCUT2D eigenvalue weighted by molar-refractivity contribution is 7.15. The predicted molar refractivity (Wildman–Crippen MR) is 71.2 cm³/mol. The van der Waals surface area contributed by atoms with Gasteiger partial charge in [0.25, 0.3) is 0 Å². The Morgan fingerprint density at radius 3 is 3.06 bits per heavy atom. The van der Waals surface area contributed by atoms with Crippen LogP contribution in [-0.4, -0.2) is 22.6 Å². The number of fused-ring (bicyclic) bond motifs is 1. The summed E-state index contributed by atoms with van der Waals surface area (Å²) >= 11 is 1.64. The van der Waals surface area contributed by atoms with Crippen molar-refractivity contribution < 1.29 is 9.90 Å². The first kappa shape index (κ1) is 12.0. The van der Waals surface area contributed by atoms with Crippen LogP contribution in [0.15, 0.2) is 0 Å². The molecule has 0 aliphatic heterocycles. The van der Waals surface area contributed by atoms with Crippen molar-refractivity contribution in [3.63, 3.8) is 0 Å². The SMILES string of the molecule is CC1CC1CNc1nc2c(s1)CCCC2C(=O)O. The topological polar surface area (TPSA) is 62.2 Å². The van der Waals surface area contributed by atoms with Crippen LogP contribution in [0, 0.1) is 11.8 Å². The zero-order valence-corrected chi connectivity index (χ0v) is 11.3. The Labute approximate surface area is 110 Å². The summed E-state index contributed by atoms with van der Waals surface area (Å²) in [5.41, 5.74) is 0.810. The van der Waals surface area contributed by atoms with E-state index in [9.17, 15) is 9.90 Å². The normalized spacial score (nSPS) is 29.7. The third kappa shape index (κ3) is 2.23. The number of hydrogen-bond donors (Lipinski definition) is 2. The Balaban J connectivity index is 1.71. The number of nitrogens with zero attached hydrogens (tertiary/aromatic N) is 1. The summed E-state index contributed by atoms with van der Waals surface area (Å²) in [4.78, 5) is 16.9. The summed E-state index contributed by atoms with van der Waals surface area (Å²) in [6, 6.07) is 0. The summed E-state index contributed by atoms with van der Waals surface area (Å²) in [7, 11) is 0. The number of aromatic nitrogens is 1. The third-order valence-electron chi connectivity index (χ3n) is 4.04. The molecule has 0 spiro atoms. The molecule has 98 valence electrons. The molecule has 0 aromatic carbocycles. The van der Waals surface area contributed by atoms with Gasteiger partial charge in [0.05, 0.1) is 5.69 Å². The van der Waals surface area contributed by atoms with Gasteiger partial charge in [0.15, 0.2) is 5.13 Å². The van der Waals surface area contributed by atoms with Crippen LogP contribution in [0.2, 0.25) is 0 Å². The van der Waals surface area contributed by atoms with Gasteiger partial charge in [-0.25, -0.2) is 4.98 Å². The fraction of sp³-hybridized carbons (Fsp3) is 0.692. The van der Waals surface area contributed by atoms with Crippen LogP contribution in [-0.2, 0) is 11.2 Å². The van der Waals surface area contributed by atoms with Crippen LogP contribution in [0.1, 0.15) is 42.7 Å². The van der Waals surface area contributed by atoms with Crippen LogP contribution in [0.5, 0.6) is 0 Å². The lowest BCUT2D eigenvalue weighted by Gasteiger charge is -2.16. The smallest absolute Gasteiger partial charge is 0.312 e. The zero-order chi connectivity index (χ0) is 12.7. The summed E-state index contributed by atoms with van der Waals surface area (Å²) in [6.07, 6.45) is 3.98. The summed E-state index contributed by atoms with van der Waals surface area (Å²) in [5.74, 6) is 0.490. The van der Waals surface area contributed by atoms with Crippen molar-refractivity contribution in [1.82, 2.24) is 4.98 Å². The molecule has 2 aliphatic rings. The number of rotatable bonds is 4. The third-order valence-corrected chi connectivity index (χ3v) is 5.13. The maximum Gasteiger partial charge on any atom is 0.312 e. The van der Waals surface area contributed by atoms with Gasteiger partial charge in [0, 0.05) is 11.4 Å². The van der Waals surface area contributed by atoms with Gasteiger partial charge in [0.1, 0.15) is 5.92 Å². The molecule has 4 nitrogen and oxygen atoms in total. The molecule has 1 saturated carbocycles. The molecule has 3 unspecified atom stereocenters. The van der Waals surface area contributed by atoms with E-state index < -0.39 is 5.97 Å². The van der Waals surface area contributed by atoms with E-state index in [1.54, 1.807) is 11.3 Å². The van der Waals surface area contributed by atoms with E-state index in [0.717, 1.165) is 48.5 Å². The molecule has 1 aromatic rings. The Morgan fingerprint density at radius 2 is 2.39 bits per heavy atom. The van der Waals surface area contributed by atoms with E-state index >= 15 is 0 Å². The molecule has 0 radical (unpaired) electrons. The molecule has 0 saturated heterocycles. The number of nitrogens with one attached hydrogen (secondary N) is 1. The fourth-order valence-corrected chi connectivity index (χ4v) is 3.71. The average molecular weight is 266 g/mol. The molecule has 2 aliphatic carbocycles. The number of thiazole rings is 1. The zero-order valence-electron chi connectivity index (χ0n) is 10.5. The van der Waals surface area contributed by atoms with E-state index in [2.05, 4.69) is 17.2 Å². The van der Waals surface area contributed by atoms with Crippen molar-refractivity contribution in [2.75, 3.05) is 11.9 Å². The average Bonchev–Trinajstić information content (AvgIpc) is 2.89. The second kappa shape index (κ2) is 4.53. The van der Waals surface area contributed by atoms with Crippen LogP contribution in [0.4, 0.5) is 5.13 Å². The molecule has 3 atom stereocenters. The number of carboxylic acids is 1. The lowest BCUT2D eigenvalue weighted by atomic mass is 9.91. The highest BCUT2D eigenvalue weighted by Crippen LogP contribution is 2.39. The number of carboxylic acid groups (broad SMARTS) is 1. The summed E-state index contributed by atoms with van der Waals surface area (Å²) < 4.78 is 0. The number of aryl methyl sites for hydroxylation is 1. The van der Waals surface area contributed by atoms with Gasteiger partial charge >= 0.3 is 5.97 Å². The van der Waals surface area contributed by atoms with Crippen molar-refractivity contribution in [2.45, 2.75) is 38.5 Å².